The van der Waals surface area contributed by atoms with E-state index in [1.54, 1.807) is 0 Å². The van der Waals surface area contributed by atoms with Crippen LogP contribution in [0.25, 0.3) is 0 Å². The molecule has 0 saturated heterocycles. The average molecular weight is 548 g/mol. The molecule has 2 aromatic heterocycles. The van der Waals surface area contributed by atoms with Gasteiger partial charge in [-0.3, -0.25) is 0 Å². The molecular weight excluding hydrogens is 526 g/mol. The molecule has 0 aromatic carbocycles. The predicted molar refractivity (Wildman–Crippen MR) is 114 cm³/mol. The van der Waals surface area contributed by atoms with Crippen molar-refractivity contribution in [1.29, 1.82) is 0 Å². The van der Waals surface area contributed by atoms with E-state index in [2.05, 4.69) is 25.6 Å². The molecule has 0 aliphatic heterocycles. The largest absolute Gasteiger partial charge is 0.475 e. The van der Waals surface area contributed by atoms with E-state index in [4.69, 9.17) is 20.8 Å². The van der Waals surface area contributed by atoms with Crippen LogP contribution in [0.2, 0.25) is 5.02 Å². The predicted octanol–water partition coefficient (Wildman–Crippen LogP) is 4.11. The van der Waals surface area contributed by atoms with Crippen molar-refractivity contribution in [3.63, 3.8) is 0 Å². The lowest BCUT2D eigenvalue weighted by molar-refractivity contribution is -0.137. The summed E-state index contributed by atoms with van der Waals surface area (Å²) in [6.45, 7) is 6.96. The molecule has 0 bridgehead atoms. The summed E-state index contributed by atoms with van der Waals surface area (Å²) in [4.78, 5) is 12.2. The van der Waals surface area contributed by atoms with E-state index in [9.17, 15) is 13.2 Å². The summed E-state index contributed by atoms with van der Waals surface area (Å²) in [7, 11) is 0. The summed E-state index contributed by atoms with van der Waals surface area (Å²) >= 11 is 5.80. The Morgan fingerprint density at radius 1 is 1.31 bits per heavy atom. The average Bonchev–Trinajstić information content (AvgIpc) is 2.94. The van der Waals surface area contributed by atoms with Gasteiger partial charge in [0.1, 0.15) is 23.9 Å². The smallest absolute Gasteiger partial charge is 0.417 e. The SMILES string of the molecule is CCNC(=NCc1nc(C)c(C)o1)NCCOc1ncc(C(F)(F)F)cc1Cl.I. The van der Waals surface area contributed by atoms with Gasteiger partial charge in [-0.1, -0.05) is 11.6 Å². The first-order valence-corrected chi connectivity index (χ1v) is 8.89. The normalized spacial score (nSPS) is 11.8. The zero-order chi connectivity index (χ0) is 20.7. The van der Waals surface area contributed by atoms with E-state index in [0.717, 1.165) is 17.5 Å². The third-order valence-electron chi connectivity index (χ3n) is 3.56. The molecule has 2 heterocycles. The molecule has 0 aliphatic rings. The Bertz CT molecular complexity index is 810. The minimum Gasteiger partial charge on any atom is -0.475 e. The second kappa shape index (κ2) is 11.4. The molecule has 2 N–H and O–H groups in total. The van der Waals surface area contributed by atoms with Gasteiger partial charge in [0, 0.05) is 12.7 Å². The lowest BCUT2D eigenvalue weighted by atomic mass is 10.3. The first kappa shape index (κ1) is 25.3. The first-order valence-electron chi connectivity index (χ1n) is 8.51. The van der Waals surface area contributed by atoms with Crippen molar-refractivity contribution in [2.24, 2.45) is 4.99 Å². The van der Waals surface area contributed by atoms with Gasteiger partial charge in [-0.2, -0.15) is 13.2 Å². The highest BCUT2D eigenvalue weighted by molar-refractivity contribution is 14.0. The van der Waals surface area contributed by atoms with Crippen molar-refractivity contribution in [3.8, 4) is 5.88 Å². The second-order valence-corrected chi connectivity index (χ2v) is 6.14. The molecule has 0 amide bonds. The van der Waals surface area contributed by atoms with Crippen LogP contribution in [0.5, 0.6) is 5.88 Å². The van der Waals surface area contributed by atoms with Crippen molar-refractivity contribution < 1.29 is 22.3 Å². The van der Waals surface area contributed by atoms with Gasteiger partial charge in [0.15, 0.2) is 5.96 Å². The molecule has 0 aliphatic carbocycles. The van der Waals surface area contributed by atoms with Crippen molar-refractivity contribution in [2.45, 2.75) is 33.5 Å². The monoisotopic (exact) mass is 547 g/mol. The van der Waals surface area contributed by atoms with Crippen molar-refractivity contribution in [2.75, 3.05) is 19.7 Å². The highest BCUT2D eigenvalue weighted by Crippen LogP contribution is 2.32. The Labute approximate surface area is 188 Å². The Morgan fingerprint density at radius 2 is 2.03 bits per heavy atom. The summed E-state index contributed by atoms with van der Waals surface area (Å²) in [6.07, 6.45) is -3.83. The fourth-order valence-electron chi connectivity index (χ4n) is 2.10. The number of halogens is 5. The van der Waals surface area contributed by atoms with Crippen LogP contribution in [0.15, 0.2) is 21.7 Å². The minimum absolute atomic E-state index is 0. The van der Waals surface area contributed by atoms with E-state index in [1.165, 1.54) is 0 Å². The summed E-state index contributed by atoms with van der Waals surface area (Å²) in [5.74, 6) is 1.71. The van der Waals surface area contributed by atoms with Gasteiger partial charge < -0.3 is 19.8 Å². The maximum absolute atomic E-state index is 12.6. The summed E-state index contributed by atoms with van der Waals surface area (Å²) < 4.78 is 48.6. The summed E-state index contributed by atoms with van der Waals surface area (Å²) in [5.41, 5.74) is -0.112. The number of hydrogen-bond donors (Lipinski definition) is 2. The van der Waals surface area contributed by atoms with Crippen molar-refractivity contribution in [1.82, 2.24) is 20.6 Å². The number of ether oxygens (including phenoxy) is 1. The Kier molecular flexibility index (Phi) is 9.96. The number of aliphatic imine (C=N–C) groups is 1. The number of oxazole rings is 1. The number of pyridine rings is 1. The molecular formula is C17H22ClF3IN5O2. The number of alkyl halides is 3. The van der Waals surface area contributed by atoms with Crippen LogP contribution in [0, 0.1) is 13.8 Å². The summed E-state index contributed by atoms with van der Waals surface area (Å²) in [6, 6.07) is 0.781. The second-order valence-electron chi connectivity index (χ2n) is 5.73. The third-order valence-corrected chi connectivity index (χ3v) is 3.83. The van der Waals surface area contributed by atoms with E-state index in [0.29, 0.717) is 31.1 Å². The molecule has 162 valence electrons. The van der Waals surface area contributed by atoms with Crippen LogP contribution in [0.4, 0.5) is 13.2 Å². The highest BCUT2D eigenvalue weighted by atomic mass is 127. The summed E-state index contributed by atoms with van der Waals surface area (Å²) in [5, 5.41) is 5.88. The zero-order valence-electron chi connectivity index (χ0n) is 16.1. The standard InChI is InChI=1S/C17H21ClF3N5O2.HI/c1-4-22-16(25-9-14-26-10(2)11(3)28-14)23-5-6-27-15-13(18)7-12(8-24-15)17(19,20)21;/h7-8H,4-6,9H2,1-3H3,(H2,22,23,25);1H. The number of aryl methyl sites for hydroxylation is 2. The number of aromatic nitrogens is 2. The van der Waals surface area contributed by atoms with Gasteiger partial charge >= 0.3 is 6.18 Å². The number of hydrogen-bond acceptors (Lipinski definition) is 5. The fourth-order valence-corrected chi connectivity index (χ4v) is 2.32. The number of nitrogens with one attached hydrogen (secondary N) is 2. The fraction of sp³-hybridized carbons (Fsp3) is 0.471. The van der Waals surface area contributed by atoms with Gasteiger partial charge in [-0.25, -0.2) is 15.0 Å². The topological polar surface area (TPSA) is 84.6 Å². The Balaban J connectivity index is 0.00000420. The first-order chi connectivity index (χ1) is 13.2. The molecule has 0 unspecified atom stereocenters. The number of rotatable bonds is 7. The molecule has 7 nitrogen and oxygen atoms in total. The van der Waals surface area contributed by atoms with Crippen LogP contribution >= 0.6 is 35.6 Å². The quantitative estimate of drug-likeness (QED) is 0.235. The minimum atomic E-state index is -4.51. The molecule has 2 rings (SSSR count). The Hall–Kier alpha value is -1.76. The maximum Gasteiger partial charge on any atom is 0.417 e. The van der Waals surface area contributed by atoms with Gasteiger partial charge in [-0.15, -0.1) is 24.0 Å². The molecule has 29 heavy (non-hydrogen) atoms. The zero-order valence-corrected chi connectivity index (χ0v) is 19.1. The van der Waals surface area contributed by atoms with Crippen LogP contribution in [-0.4, -0.2) is 35.6 Å². The lowest BCUT2D eigenvalue weighted by Gasteiger charge is -2.12. The number of nitrogens with zero attached hydrogens (tertiary/aromatic N) is 3. The van der Waals surface area contributed by atoms with Crippen LogP contribution < -0.4 is 15.4 Å². The van der Waals surface area contributed by atoms with Gasteiger partial charge in [0.2, 0.25) is 11.8 Å². The third kappa shape index (κ3) is 7.88. The van der Waals surface area contributed by atoms with Crippen LogP contribution in [0.3, 0.4) is 0 Å². The Morgan fingerprint density at radius 3 is 2.59 bits per heavy atom. The molecule has 0 radical (unpaired) electrons. The molecule has 12 heteroatoms. The van der Waals surface area contributed by atoms with E-state index >= 15 is 0 Å². The number of guanidine groups is 1. The molecule has 0 atom stereocenters. The van der Waals surface area contributed by atoms with Crippen LogP contribution in [-0.2, 0) is 12.7 Å². The van der Waals surface area contributed by atoms with Crippen molar-refractivity contribution >= 4 is 41.5 Å². The van der Waals surface area contributed by atoms with E-state index in [1.807, 2.05) is 20.8 Å². The van der Waals surface area contributed by atoms with Crippen molar-refractivity contribution in [3.05, 3.63) is 40.2 Å². The lowest BCUT2D eigenvalue weighted by Crippen LogP contribution is -2.39. The highest BCUT2D eigenvalue weighted by Gasteiger charge is 2.31. The molecule has 0 spiro atoms. The maximum atomic E-state index is 12.6. The van der Waals surface area contributed by atoms with Gasteiger partial charge in [-0.05, 0) is 26.8 Å². The van der Waals surface area contributed by atoms with Crippen LogP contribution in [0.1, 0.15) is 29.8 Å². The van der Waals surface area contributed by atoms with E-state index < -0.39 is 11.7 Å². The van der Waals surface area contributed by atoms with Gasteiger partial charge in [0.05, 0.1) is 17.8 Å². The van der Waals surface area contributed by atoms with Gasteiger partial charge in [0.25, 0.3) is 0 Å². The molecule has 0 fully saturated rings. The molecule has 2 aromatic rings. The van der Waals surface area contributed by atoms with E-state index in [-0.39, 0.29) is 48.0 Å². The molecule has 0 saturated carbocycles.